The van der Waals surface area contributed by atoms with E-state index in [1.165, 1.54) is 18.2 Å². The van der Waals surface area contributed by atoms with Crippen LogP contribution in [0.3, 0.4) is 0 Å². The Bertz CT molecular complexity index is 348. The standard InChI is InChI=1S/C9H3N3/c1-10-7-4-8(11-2)6-9(5-7)12-3/h4-6H. The van der Waals surface area contributed by atoms with Gasteiger partial charge in [0.15, 0.2) is 17.1 Å². The first-order valence-electron chi connectivity index (χ1n) is 3.07. The predicted octanol–water partition coefficient (Wildman–Crippen LogP) is 3.34. The van der Waals surface area contributed by atoms with E-state index in [-0.39, 0.29) is 0 Å². The summed E-state index contributed by atoms with van der Waals surface area (Å²) in [7, 11) is 0. The number of benzene rings is 1. The van der Waals surface area contributed by atoms with Crippen molar-refractivity contribution in [3.8, 4) is 0 Å². The third-order valence-electron chi connectivity index (χ3n) is 1.27. The maximum Gasteiger partial charge on any atom is 0.167 e. The smallest absolute Gasteiger partial charge is 0.167 e. The summed E-state index contributed by atoms with van der Waals surface area (Å²) in [6, 6.07) is 4.40. The minimum Gasteiger partial charge on any atom is -0.241 e. The van der Waals surface area contributed by atoms with Crippen LogP contribution in [0.4, 0.5) is 17.1 Å². The molecule has 0 heterocycles. The van der Waals surface area contributed by atoms with Crippen LogP contribution in [0.25, 0.3) is 14.5 Å². The molecule has 1 aromatic rings. The monoisotopic (exact) mass is 153 g/mol. The van der Waals surface area contributed by atoms with E-state index < -0.39 is 0 Å². The zero-order chi connectivity index (χ0) is 8.97. The molecule has 12 heavy (non-hydrogen) atoms. The molecule has 0 atom stereocenters. The van der Waals surface area contributed by atoms with Gasteiger partial charge < -0.3 is 0 Å². The Morgan fingerprint density at radius 3 is 1.08 bits per heavy atom. The number of hydrogen-bond acceptors (Lipinski definition) is 0. The van der Waals surface area contributed by atoms with Crippen LogP contribution in [0.2, 0.25) is 0 Å². The van der Waals surface area contributed by atoms with Gasteiger partial charge >= 0.3 is 0 Å². The summed E-state index contributed by atoms with van der Waals surface area (Å²) in [5.41, 5.74) is 1.03. The molecule has 1 aromatic carbocycles. The van der Waals surface area contributed by atoms with Crippen molar-refractivity contribution in [3.63, 3.8) is 0 Å². The Morgan fingerprint density at radius 1 is 0.667 bits per heavy atom. The lowest BCUT2D eigenvalue weighted by Gasteiger charge is -1.92. The van der Waals surface area contributed by atoms with Crippen molar-refractivity contribution in [1.82, 2.24) is 0 Å². The Kier molecular flexibility index (Phi) is 2.07. The molecule has 0 saturated carbocycles. The zero-order valence-corrected chi connectivity index (χ0v) is 6.07. The van der Waals surface area contributed by atoms with Crippen LogP contribution in [-0.4, -0.2) is 0 Å². The van der Waals surface area contributed by atoms with Crippen molar-refractivity contribution < 1.29 is 0 Å². The van der Waals surface area contributed by atoms with Crippen LogP contribution in [0.15, 0.2) is 18.2 Å². The van der Waals surface area contributed by atoms with Gasteiger partial charge in [0.1, 0.15) is 0 Å². The average molecular weight is 153 g/mol. The SMILES string of the molecule is [C-]#[N+]c1cc([N+]#[C-])cc([N+]#[C-])c1. The van der Waals surface area contributed by atoms with Gasteiger partial charge in [-0.25, -0.2) is 14.5 Å². The number of rotatable bonds is 0. The van der Waals surface area contributed by atoms with Crippen LogP contribution in [0.5, 0.6) is 0 Å². The molecule has 0 radical (unpaired) electrons. The van der Waals surface area contributed by atoms with Gasteiger partial charge in [-0.15, -0.1) is 0 Å². The normalized spacial score (nSPS) is 7.75. The summed E-state index contributed by atoms with van der Waals surface area (Å²) in [4.78, 5) is 9.45. The lowest BCUT2D eigenvalue weighted by Crippen LogP contribution is -1.62. The van der Waals surface area contributed by atoms with E-state index in [2.05, 4.69) is 14.5 Å². The second-order valence-electron chi connectivity index (χ2n) is 2.04. The van der Waals surface area contributed by atoms with Gasteiger partial charge in [-0.3, -0.25) is 0 Å². The summed E-state index contributed by atoms with van der Waals surface area (Å²) in [5, 5.41) is 0. The van der Waals surface area contributed by atoms with Crippen molar-refractivity contribution in [2.75, 3.05) is 0 Å². The first-order chi connectivity index (χ1) is 5.80. The van der Waals surface area contributed by atoms with E-state index >= 15 is 0 Å². The van der Waals surface area contributed by atoms with E-state index in [1.54, 1.807) is 0 Å². The van der Waals surface area contributed by atoms with Crippen LogP contribution in [0.1, 0.15) is 0 Å². The van der Waals surface area contributed by atoms with E-state index in [0.29, 0.717) is 17.1 Å². The summed E-state index contributed by atoms with van der Waals surface area (Å²) in [6.45, 7) is 20.1. The Morgan fingerprint density at radius 2 is 0.917 bits per heavy atom. The quantitative estimate of drug-likeness (QED) is 0.507. The lowest BCUT2D eigenvalue weighted by molar-refractivity contribution is 1.72. The lowest BCUT2D eigenvalue weighted by atomic mass is 10.2. The van der Waals surface area contributed by atoms with Crippen molar-refractivity contribution in [2.45, 2.75) is 0 Å². The molecule has 0 aliphatic heterocycles. The molecule has 3 heteroatoms. The van der Waals surface area contributed by atoms with Gasteiger partial charge in [-0.1, -0.05) is 18.2 Å². The highest BCUT2D eigenvalue weighted by Gasteiger charge is 1.98. The van der Waals surface area contributed by atoms with Gasteiger partial charge in [0, 0.05) is 0 Å². The van der Waals surface area contributed by atoms with Crippen molar-refractivity contribution >= 4 is 17.1 Å². The molecule has 0 aliphatic rings. The second-order valence-corrected chi connectivity index (χ2v) is 2.04. The van der Waals surface area contributed by atoms with E-state index in [4.69, 9.17) is 19.7 Å². The fourth-order valence-electron chi connectivity index (χ4n) is 0.773. The largest absolute Gasteiger partial charge is 0.241 e. The topological polar surface area (TPSA) is 13.1 Å². The van der Waals surface area contributed by atoms with Crippen molar-refractivity contribution in [3.05, 3.63) is 52.5 Å². The molecule has 0 unspecified atom stereocenters. The molecular weight excluding hydrogens is 150 g/mol. The summed E-state index contributed by atoms with van der Waals surface area (Å²) >= 11 is 0. The van der Waals surface area contributed by atoms with Crippen molar-refractivity contribution in [1.29, 1.82) is 0 Å². The minimum atomic E-state index is 0.342. The molecule has 0 saturated heterocycles. The van der Waals surface area contributed by atoms with Gasteiger partial charge in [-0.2, -0.15) is 0 Å². The Balaban J connectivity index is 3.36. The maximum atomic E-state index is 6.71. The van der Waals surface area contributed by atoms with Gasteiger partial charge in [-0.05, 0) is 0 Å². The average Bonchev–Trinajstić information content (AvgIpc) is 2.16. The van der Waals surface area contributed by atoms with Gasteiger partial charge in [0.25, 0.3) is 0 Å². The van der Waals surface area contributed by atoms with E-state index in [1.807, 2.05) is 0 Å². The molecule has 0 amide bonds. The highest BCUT2D eigenvalue weighted by Crippen LogP contribution is 2.28. The number of hydrogen-bond donors (Lipinski definition) is 0. The summed E-state index contributed by atoms with van der Waals surface area (Å²) in [5.74, 6) is 0. The molecule has 0 fully saturated rings. The van der Waals surface area contributed by atoms with Crippen molar-refractivity contribution in [2.24, 2.45) is 0 Å². The fraction of sp³-hybridized carbons (Fsp3) is 0. The summed E-state index contributed by atoms with van der Waals surface area (Å²) in [6.07, 6.45) is 0. The van der Waals surface area contributed by atoms with Gasteiger partial charge in [0.2, 0.25) is 0 Å². The highest BCUT2D eigenvalue weighted by molar-refractivity contribution is 5.68. The predicted molar refractivity (Wildman–Crippen MR) is 45.2 cm³/mol. The first kappa shape index (κ1) is 7.79. The maximum absolute atomic E-state index is 6.71. The Hall–Kier alpha value is -2.31. The van der Waals surface area contributed by atoms with Crippen LogP contribution in [0, 0.1) is 19.7 Å². The zero-order valence-electron chi connectivity index (χ0n) is 6.07. The molecule has 1 rings (SSSR count). The third-order valence-corrected chi connectivity index (χ3v) is 1.27. The molecule has 0 N–H and O–H groups in total. The molecular formula is C9H3N3. The highest BCUT2D eigenvalue weighted by atomic mass is 14.7. The molecule has 54 valence electrons. The first-order valence-corrected chi connectivity index (χ1v) is 3.07. The molecule has 0 spiro atoms. The summed E-state index contributed by atoms with van der Waals surface area (Å²) < 4.78 is 0. The van der Waals surface area contributed by atoms with Crippen LogP contribution >= 0.6 is 0 Å². The number of nitrogens with zero attached hydrogens (tertiary/aromatic N) is 3. The molecule has 3 nitrogen and oxygen atoms in total. The van der Waals surface area contributed by atoms with E-state index in [0.717, 1.165) is 0 Å². The molecule has 0 bridgehead atoms. The van der Waals surface area contributed by atoms with E-state index in [9.17, 15) is 0 Å². The van der Waals surface area contributed by atoms with Crippen LogP contribution in [-0.2, 0) is 0 Å². The fourth-order valence-corrected chi connectivity index (χ4v) is 0.773. The second kappa shape index (κ2) is 3.19. The minimum absolute atomic E-state index is 0.342. The molecule has 0 aliphatic carbocycles. The third kappa shape index (κ3) is 1.40. The Labute approximate surface area is 70.3 Å². The van der Waals surface area contributed by atoms with Crippen LogP contribution < -0.4 is 0 Å². The van der Waals surface area contributed by atoms with Gasteiger partial charge in [0.05, 0.1) is 19.7 Å². The molecule has 0 aromatic heterocycles.